The molecular weight excluding hydrogens is 170 g/mol. The van der Waals surface area contributed by atoms with Crippen LogP contribution in [0.5, 0.6) is 0 Å². The molecule has 0 aromatic heterocycles. The quantitative estimate of drug-likeness (QED) is 0.662. The second kappa shape index (κ2) is 7.57. The van der Waals surface area contributed by atoms with E-state index in [1.807, 2.05) is 20.8 Å². The van der Waals surface area contributed by atoms with Gasteiger partial charge in [-0.25, -0.2) is 0 Å². The van der Waals surface area contributed by atoms with Crippen LogP contribution in [-0.2, 0) is 0 Å². The number of hydrogen-bond acceptors (Lipinski definition) is 1. The lowest BCUT2D eigenvalue weighted by Gasteiger charge is -2.01. The zero-order chi connectivity index (χ0) is 11.0. The minimum absolute atomic E-state index is 1.03. The summed E-state index contributed by atoms with van der Waals surface area (Å²) in [4.78, 5) is 0. The van der Waals surface area contributed by atoms with E-state index in [4.69, 9.17) is 0 Å². The van der Waals surface area contributed by atoms with Crippen LogP contribution in [0.4, 0.5) is 0 Å². The van der Waals surface area contributed by atoms with Gasteiger partial charge in [0.05, 0.1) is 0 Å². The molecule has 0 aromatic rings. The highest BCUT2D eigenvalue weighted by Gasteiger charge is 2.09. The fourth-order valence-corrected chi connectivity index (χ4v) is 1.45. The van der Waals surface area contributed by atoms with E-state index in [0.29, 0.717) is 0 Å². The minimum Gasteiger partial charge on any atom is -0.309 e. The van der Waals surface area contributed by atoms with Gasteiger partial charge >= 0.3 is 0 Å². The molecule has 0 aliphatic carbocycles. The molecule has 1 aliphatic rings. The predicted octanol–water partition coefficient (Wildman–Crippen LogP) is 3.45. The molecule has 1 N–H and O–H groups in total. The van der Waals surface area contributed by atoms with Crippen molar-refractivity contribution in [1.82, 2.24) is 5.32 Å². The predicted molar refractivity (Wildman–Crippen MR) is 65.5 cm³/mol. The molecule has 0 radical (unpaired) electrons. The molecule has 1 nitrogen and oxygen atoms in total. The lowest BCUT2D eigenvalue weighted by Crippen LogP contribution is -2.08. The monoisotopic (exact) mass is 193 g/mol. The largest absolute Gasteiger partial charge is 0.309 e. The molecule has 0 spiro atoms. The molecule has 1 heterocycles. The topological polar surface area (TPSA) is 12.0 Å². The van der Waals surface area contributed by atoms with Crippen LogP contribution in [-0.4, -0.2) is 13.1 Å². The van der Waals surface area contributed by atoms with E-state index in [9.17, 15) is 0 Å². The number of allylic oxidation sites excluding steroid dienone is 3. The van der Waals surface area contributed by atoms with Gasteiger partial charge in [0.1, 0.15) is 0 Å². The second-order valence-electron chi connectivity index (χ2n) is 3.24. The lowest BCUT2D eigenvalue weighted by molar-refractivity contribution is 0.865. The second-order valence-corrected chi connectivity index (χ2v) is 3.24. The summed E-state index contributed by atoms with van der Waals surface area (Å²) in [5, 5.41) is 3.34. The summed E-state index contributed by atoms with van der Waals surface area (Å²) in [6.45, 7) is 12.5. The molecule has 0 amide bonds. The Bertz CT molecular complexity index is 244. The first kappa shape index (κ1) is 13.2. The fourth-order valence-electron chi connectivity index (χ4n) is 1.45. The molecule has 0 fully saturated rings. The van der Waals surface area contributed by atoms with Crippen molar-refractivity contribution in [3.63, 3.8) is 0 Å². The molecule has 0 saturated heterocycles. The number of hydrogen-bond donors (Lipinski definition) is 1. The summed E-state index contributed by atoms with van der Waals surface area (Å²) in [7, 11) is 0. The van der Waals surface area contributed by atoms with Crippen molar-refractivity contribution < 1.29 is 0 Å². The van der Waals surface area contributed by atoms with Crippen molar-refractivity contribution in [1.29, 1.82) is 0 Å². The third kappa shape index (κ3) is 3.93. The van der Waals surface area contributed by atoms with Gasteiger partial charge in [0.25, 0.3) is 0 Å². The van der Waals surface area contributed by atoms with E-state index < -0.39 is 0 Å². The van der Waals surface area contributed by atoms with Gasteiger partial charge in [0.15, 0.2) is 0 Å². The average molecular weight is 193 g/mol. The molecule has 14 heavy (non-hydrogen) atoms. The van der Waals surface area contributed by atoms with E-state index >= 15 is 0 Å². The highest BCUT2D eigenvalue weighted by Crippen LogP contribution is 2.17. The summed E-state index contributed by atoms with van der Waals surface area (Å²) >= 11 is 0. The Morgan fingerprint density at radius 3 is 2.36 bits per heavy atom. The zero-order valence-electron chi connectivity index (χ0n) is 10.1. The minimum atomic E-state index is 1.03. The molecule has 0 saturated carbocycles. The summed E-state index contributed by atoms with van der Waals surface area (Å²) in [5.41, 5.74) is 4.34. The summed E-state index contributed by atoms with van der Waals surface area (Å²) in [6.07, 6.45) is 6.32. The van der Waals surface area contributed by atoms with E-state index in [1.54, 1.807) is 0 Å². The van der Waals surface area contributed by atoms with Crippen LogP contribution in [0.2, 0.25) is 0 Å². The molecule has 1 aliphatic heterocycles. The van der Waals surface area contributed by atoms with Gasteiger partial charge < -0.3 is 5.32 Å². The molecule has 1 heteroatoms. The van der Waals surface area contributed by atoms with Crippen molar-refractivity contribution in [3.8, 4) is 0 Å². The normalized spacial score (nSPS) is 17.4. The van der Waals surface area contributed by atoms with Crippen LogP contribution in [0, 0.1) is 0 Å². The highest BCUT2D eigenvalue weighted by molar-refractivity contribution is 5.39. The van der Waals surface area contributed by atoms with Gasteiger partial charge in [-0.1, -0.05) is 37.6 Å². The van der Waals surface area contributed by atoms with Gasteiger partial charge in [0, 0.05) is 13.1 Å². The Morgan fingerprint density at radius 2 is 1.93 bits per heavy atom. The Labute approximate surface area is 88.6 Å². The van der Waals surface area contributed by atoms with Gasteiger partial charge in [-0.2, -0.15) is 0 Å². The Hall–Kier alpha value is -0.820. The van der Waals surface area contributed by atoms with Crippen molar-refractivity contribution in [3.05, 3.63) is 34.9 Å². The number of rotatable bonds is 2. The summed E-state index contributed by atoms with van der Waals surface area (Å²) < 4.78 is 0. The van der Waals surface area contributed by atoms with Crippen molar-refractivity contribution in [2.75, 3.05) is 13.1 Å². The average Bonchev–Trinajstić information content (AvgIpc) is 2.64. The van der Waals surface area contributed by atoms with E-state index in [1.165, 1.54) is 16.7 Å². The van der Waals surface area contributed by atoms with Crippen LogP contribution in [0.25, 0.3) is 0 Å². The molecular formula is C13H23N. The van der Waals surface area contributed by atoms with Crippen LogP contribution in [0.15, 0.2) is 34.9 Å². The molecule has 0 bridgehead atoms. The molecule has 0 aromatic carbocycles. The lowest BCUT2D eigenvalue weighted by atomic mass is 10.0. The maximum atomic E-state index is 3.34. The van der Waals surface area contributed by atoms with Crippen molar-refractivity contribution in [2.24, 2.45) is 0 Å². The van der Waals surface area contributed by atoms with Gasteiger partial charge in [-0.3, -0.25) is 0 Å². The van der Waals surface area contributed by atoms with Crippen molar-refractivity contribution >= 4 is 0 Å². The van der Waals surface area contributed by atoms with Gasteiger partial charge in [-0.05, 0) is 31.9 Å². The molecule has 0 unspecified atom stereocenters. The maximum absolute atomic E-state index is 3.34. The third-order valence-electron chi connectivity index (χ3n) is 2.22. The van der Waals surface area contributed by atoms with Crippen LogP contribution < -0.4 is 5.32 Å². The van der Waals surface area contributed by atoms with Gasteiger partial charge in [0.2, 0.25) is 0 Å². The summed E-state index contributed by atoms with van der Waals surface area (Å²) in [5.74, 6) is 0. The number of nitrogens with one attached hydrogen (secondary N) is 1. The highest BCUT2D eigenvalue weighted by atomic mass is 14.9. The van der Waals surface area contributed by atoms with Gasteiger partial charge in [-0.15, -0.1) is 0 Å². The van der Waals surface area contributed by atoms with E-state index in [2.05, 4.69) is 37.4 Å². The first-order valence-corrected chi connectivity index (χ1v) is 5.45. The Kier molecular flexibility index (Phi) is 7.13. The third-order valence-corrected chi connectivity index (χ3v) is 2.22. The summed E-state index contributed by atoms with van der Waals surface area (Å²) in [6, 6.07) is 0. The molecule has 0 atom stereocenters. The SMILES string of the molecule is C/C=C\C=C(\C)C1=C(C)CNC1.CC. The van der Waals surface area contributed by atoms with E-state index in [0.717, 1.165) is 13.1 Å². The first-order chi connectivity index (χ1) is 6.75. The Morgan fingerprint density at radius 1 is 1.29 bits per heavy atom. The standard InChI is InChI=1S/C11H17N.C2H6/c1-4-5-6-9(2)11-8-12-7-10(11)3;1-2/h4-6,12H,7-8H2,1-3H3;1-2H3/b5-4-,9-6-;. The zero-order valence-corrected chi connectivity index (χ0v) is 10.1. The maximum Gasteiger partial charge on any atom is 0.0211 e. The van der Waals surface area contributed by atoms with Crippen LogP contribution in [0.3, 0.4) is 0 Å². The smallest absolute Gasteiger partial charge is 0.0211 e. The van der Waals surface area contributed by atoms with Crippen molar-refractivity contribution in [2.45, 2.75) is 34.6 Å². The van der Waals surface area contributed by atoms with Crippen LogP contribution >= 0.6 is 0 Å². The molecule has 1 rings (SSSR count). The Balaban J connectivity index is 0.000000791. The first-order valence-electron chi connectivity index (χ1n) is 5.45. The molecule has 80 valence electrons. The van der Waals surface area contributed by atoms with E-state index in [-0.39, 0.29) is 0 Å². The van der Waals surface area contributed by atoms with Crippen LogP contribution in [0.1, 0.15) is 34.6 Å². The fraction of sp³-hybridized carbons (Fsp3) is 0.538.